The predicted octanol–water partition coefficient (Wildman–Crippen LogP) is 2.10. The standard InChI is InChI=1S/C10H14BrNO2/c1-13-6-9(12)7-3-4-10(14-2)8(11)5-7/h3-5,9H,6,12H2,1-2H3. The van der Waals surface area contributed by atoms with Crippen LogP contribution >= 0.6 is 15.9 Å². The number of benzene rings is 1. The maximum atomic E-state index is 5.88. The first-order valence-corrected chi connectivity index (χ1v) is 5.06. The highest BCUT2D eigenvalue weighted by Gasteiger charge is 2.08. The lowest BCUT2D eigenvalue weighted by molar-refractivity contribution is 0.181. The molecule has 0 saturated heterocycles. The van der Waals surface area contributed by atoms with Crippen LogP contribution in [0.25, 0.3) is 0 Å². The molecule has 78 valence electrons. The Morgan fingerprint density at radius 1 is 1.43 bits per heavy atom. The third-order valence-corrected chi connectivity index (χ3v) is 2.57. The molecule has 1 rings (SSSR count). The fourth-order valence-corrected chi connectivity index (χ4v) is 1.75. The van der Waals surface area contributed by atoms with E-state index in [2.05, 4.69) is 15.9 Å². The first kappa shape index (κ1) is 11.5. The van der Waals surface area contributed by atoms with Crippen molar-refractivity contribution in [1.29, 1.82) is 0 Å². The number of hydrogen-bond donors (Lipinski definition) is 1. The number of nitrogens with two attached hydrogens (primary N) is 1. The van der Waals surface area contributed by atoms with Crippen molar-refractivity contribution in [2.24, 2.45) is 5.73 Å². The molecule has 0 heterocycles. The summed E-state index contributed by atoms with van der Waals surface area (Å²) in [4.78, 5) is 0. The summed E-state index contributed by atoms with van der Waals surface area (Å²) in [7, 11) is 3.27. The molecule has 14 heavy (non-hydrogen) atoms. The number of hydrogen-bond acceptors (Lipinski definition) is 3. The molecule has 0 radical (unpaired) electrons. The van der Waals surface area contributed by atoms with Gasteiger partial charge in [-0.3, -0.25) is 0 Å². The Balaban J connectivity index is 2.85. The van der Waals surface area contributed by atoms with Gasteiger partial charge in [0.25, 0.3) is 0 Å². The van der Waals surface area contributed by atoms with Gasteiger partial charge in [-0.05, 0) is 33.6 Å². The van der Waals surface area contributed by atoms with Gasteiger partial charge in [-0.2, -0.15) is 0 Å². The normalized spacial score (nSPS) is 12.6. The third-order valence-electron chi connectivity index (χ3n) is 1.95. The van der Waals surface area contributed by atoms with Crippen LogP contribution in [0.15, 0.2) is 22.7 Å². The van der Waals surface area contributed by atoms with Crippen LogP contribution in [-0.4, -0.2) is 20.8 Å². The van der Waals surface area contributed by atoms with Crippen LogP contribution in [0.2, 0.25) is 0 Å². The molecule has 0 aliphatic rings. The van der Waals surface area contributed by atoms with Gasteiger partial charge in [-0.1, -0.05) is 6.07 Å². The van der Waals surface area contributed by atoms with E-state index in [4.69, 9.17) is 15.2 Å². The maximum Gasteiger partial charge on any atom is 0.133 e. The Kier molecular flexibility index (Phi) is 4.38. The SMILES string of the molecule is COCC(N)c1ccc(OC)c(Br)c1. The lowest BCUT2D eigenvalue weighted by atomic mass is 10.1. The molecule has 0 fully saturated rings. The zero-order chi connectivity index (χ0) is 10.6. The Morgan fingerprint density at radius 2 is 2.14 bits per heavy atom. The van der Waals surface area contributed by atoms with E-state index < -0.39 is 0 Å². The monoisotopic (exact) mass is 259 g/mol. The van der Waals surface area contributed by atoms with Crippen molar-refractivity contribution in [2.45, 2.75) is 6.04 Å². The van der Waals surface area contributed by atoms with Gasteiger partial charge in [-0.25, -0.2) is 0 Å². The molecule has 4 heteroatoms. The van der Waals surface area contributed by atoms with E-state index in [1.807, 2.05) is 18.2 Å². The van der Waals surface area contributed by atoms with Crippen molar-refractivity contribution >= 4 is 15.9 Å². The first-order valence-electron chi connectivity index (χ1n) is 4.27. The lowest BCUT2D eigenvalue weighted by Gasteiger charge is -2.12. The largest absolute Gasteiger partial charge is 0.496 e. The van der Waals surface area contributed by atoms with E-state index in [9.17, 15) is 0 Å². The van der Waals surface area contributed by atoms with Crippen LogP contribution < -0.4 is 10.5 Å². The topological polar surface area (TPSA) is 44.5 Å². The fourth-order valence-electron chi connectivity index (χ4n) is 1.19. The molecule has 0 amide bonds. The van der Waals surface area contributed by atoms with Crippen LogP contribution in [-0.2, 0) is 4.74 Å². The molecule has 0 bridgehead atoms. The van der Waals surface area contributed by atoms with Crippen molar-refractivity contribution in [1.82, 2.24) is 0 Å². The van der Waals surface area contributed by atoms with Gasteiger partial charge in [0.2, 0.25) is 0 Å². The summed E-state index contributed by atoms with van der Waals surface area (Å²) < 4.78 is 11.0. The van der Waals surface area contributed by atoms with Gasteiger partial charge < -0.3 is 15.2 Å². The van der Waals surface area contributed by atoms with Gasteiger partial charge >= 0.3 is 0 Å². The minimum absolute atomic E-state index is 0.0952. The molecule has 2 N–H and O–H groups in total. The minimum atomic E-state index is -0.0952. The van der Waals surface area contributed by atoms with Crippen LogP contribution in [0.5, 0.6) is 5.75 Å². The molecule has 0 spiro atoms. The van der Waals surface area contributed by atoms with Crippen molar-refractivity contribution in [3.8, 4) is 5.75 Å². The van der Waals surface area contributed by atoms with E-state index in [-0.39, 0.29) is 6.04 Å². The Bertz CT molecular complexity index is 304. The summed E-state index contributed by atoms with van der Waals surface area (Å²) in [5.41, 5.74) is 6.91. The second-order valence-corrected chi connectivity index (χ2v) is 3.81. The number of halogens is 1. The quantitative estimate of drug-likeness (QED) is 0.901. The second-order valence-electron chi connectivity index (χ2n) is 2.96. The summed E-state index contributed by atoms with van der Waals surface area (Å²) in [5.74, 6) is 0.804. The van der Waals surface area contributed by atoms with Crippen LogP contribution in [0.1, 0.15) is 11.6 Å². The van der Waals surface area contributed by atoms with E-state index in [0.717, 1.165) is 15.8 Å². The summed E-state index contributed by atoms with van der Waals surface area (Å²) >= 11 is 3.41. The molecule has 1 aromatic carbocycles. The van der Waals surface area contributed by atoms with Gasteiger partial charge in [0.1, 0.15) is 5.75 Å². The van der Waals surface area contributed by atoms with Crippen LogP contribution in [0.4, 0.5) is 0 Å². The van der Waals surface area contributed by atoms with Crippen molar-refractivity contribution in [3.63, 3.8) is 0 Å². The third kappa shape index (κ3) is 2.70. The van der Waals surface area contributed by atoms with E-state index in [0.29, 0.717) is 6.61 Å². The summed E-state index contributed by atoms with van der Waals surface area (Å²) in [6.07, 6.45) is 0. The molecule has 0 saturated carbocycles. The molecular formula is C10H14BrNO2. The fraction of sp³-hybridized carbons (Fsp3) is 0.400. The molecule has 0 aliphatic heterocycles. The minimum Gasteiger partial charge on any atom is -0.496 e. The molecule has 0 aromatic heterocycles. The summed E-state index contributed by atoms with van der Waals surface area (Å²) in [6.45, 7) is 0.513. The summed E-state index contributed by atoms with van der Waals surface area (Å²) in [5, 5.41) is 0. The van der Waals surface area contributed by atoms with Crippen LogP contribution in [0, 0.1) is 0 Å². The molecule has 1 aromatic rings. The highest BCUT2D eigenvalue weighted by Crippen LogP contribution is 2.27. The lowest BCUT2D eigenvalue weighted by Crippen LogP contribution is -2.15. The Labute approximate surface area is 92.3 Å². The highest BCUT2D eigenvalue weighted by molar-refractivity contribution is 9.10. The van der Waals surface area contributed by atoms with E-state index >= 15 is 0 Å². The van der Waals surface area contributed by atoms with E-state index in [1.165, 1.54) is 0 Å². The molecule has 1 atom stereocenters. The number of rotatable bonds is 4. The Morgan fingerprint density at radius 3 is 2.64 bits per heavy atom. The Hall–Kier alpha value is -0.580. The molecule has 3 nitrogen and oxygen atoms in total. The number of ether oxygens (including phenoxy) is 2. The van der Waals surface area contributed by atoms with E-state index in [1.54, 1.807) is 14.2 Å². The molecule has 0 aliphatic carbocycles. The van der Waals surface area contributed by atoms with Gasteiger partial charge in [0.15, 0.2) is 0 Å². The van der Waals surface area contributed by atoms with Gasteiger partial charge in [0.05, 0.1) is 24.2 Å². The maximum absolute atomic E-state index is 5.88. The smallest absolute Gasteiger partial charge is 0.133 e. The predicted molar refractivity (Wildman–Crippen MR) is 59.5 cm³/mol. The van der Waals surface area contributed by atoms with Gasteiger partial charge in [-0.15, -0.1) is 0 Å². The zero-order valence-corrected chi connectivity index (χ0v) is 9.87. The molecule has 1 unspecified atom stereocenters. The van der Waals surface area contributed by atoms with Crippen molar-refractivity contribution in [3.05, 3.63) is 28.2 Å². The van der Waals surface area contributed by atoms with Crippen LogP contribution in [0.3, 0.4) is 0 Å². The molecular weight excluding hydrogens is 246 g/mol. The van der Waals surface area contributed by atoms with Gasteiger partial charge in [0, 0.05) is 7.11 Å². The first-order chi connectivity index (χ1) is 6.69. The average Bonchev–Trinajstić information content (AvgIpc) is 2.18. The average molecular weight is 260 g/mol. The second kappa shape index (κ2) is 5.34. The number of methoxy groups -OCH3 is 2. The highest BCUT2D eigenvalue weighted by atomic mass is 79.9. The van der Waals surface area contributed by atoms with Crippen molar-refractivity contribution in [2.75, 3.05) is 20.8 Å². The summed E-state index contributed by atoms with van der Waals surface area (Å²) in [6, 6.07) is 5.67. The zero-order valence-electron chi connectivity index (χ0n) is 8.29. The van der Waals surface area contributed by atoms with Crippen molar-refractivity contribution < 1.29 is 9.47 Å².